The van der Waals surface area contributed by atoms with Crippen molar-refractivity contribution in [2.45, 2.75) is 32.1 Å². The van der Waals surface area contributed by atoms with Crippen molar-refractivity contribution < 1.29 is 24.4 Å². The zero-order valence-corrected chi connectivity index (χ0v) is 19.3. The van der Waals surface area contributed by atoms with Gasteiger partial charge in [0.15, 0.2) is 11.6 Å². The van der Waals surface area contributed by atoms with Crippen LogP contribution in [0.25, 0.3) is 0 Å². The van der Waals surface area contributed by atoms with Gasteiger partial charge in [0.25, 0.3) is 0 Å². The molecule has 0 fully saturated rings. The van der Waals surface area contributed by atoms with Gasteiger partial charge >= 0.3 is 0 Å². The van der Waals surface area contributed by atoms with Crippen molar-refractivity contribution in [2.75, 3.05) is 35.7 Å². The molecule has 184 valence electrons. The molecule has 11 nitrogen and oxygen atoms in total. The summed E-state index contributed by atoms with van der Waals surface area (Å²) in [7, 11) is 0. The average molecular weight is 496 g/mol. The largest absolute Gasteiger partial charge is 0.474 e. The van der Waals surface area contributed by atoms with E-state index in [-0.39, 0.29) is 41.9 Å². The van der Waals surface area contributed by atoms with E-state index in [1.54, 1.807) is 6.07 Å². The Labute approximate surface area is 200 Å². The maximum absolute atomic E-state index is 13.3. The van der Waals surface area contributed by atoms with Crippen molar-refractivity contribution in [2.24, 2.45) is 0 Å². The lowest BCUT2D eigenvalue weighted by molar-refractivity contribution is 0.105. The second kappa shape index (κ2) is 11.8. The van der Waals surface area contributed by atoms with Crippen LogP contribution in [0.5, 0.6) is 5.88 Å². The lowest BCUT2D eigenvalue weighted by atomic mass is 10.1. The summed E-state index contributed by atoms with van der Waals surface area (Å²) < 4.78 is 18.8. The molecule has 0 unspecified atom stereocenters. The molecule has 2 atom stereocenters. The third-order valence-electron chi connectivity index (χ3n) is 4.49. The van der Waals surface area contributed by atoms with Gasteiger partial charge in [0, 0.05) is 12.6 Å². The van der Waals surface area contributed by atoms with Gasteiger partial charge in [0.05, 0.1) is 31.5 Å². The van der Waals surface area contributed by atoms with Crippen molar-refractivity contribution in [3.63, 3.8) is 0 Å². The molecule has 1 aromatic carbocycles. The third-order valence-corrected chi connectivity index (χ3v) is 4.85. The van der Waals surface area contributed by atoms with Gasteiger partial charge in [-0.2, -0.15) is 9.97 Å². The zero-order chi connectivity index (χ0) is 24.7. The van der Waals surface area contributed by atoms with Crippen LogP contribution in [0.3, 0.4) is 0 Å². The Balaban J connectivity index is 1.89. The van der Waals surface area contributed by atoms with E-state index in [1.165, 1.54) is 24.3 Å². The highest BCUT2D eigenvalue weighted by Gasteiger charge is 2.18. The molecular formula is C21H27ClFN7O4. The van der Waals surface area contributed by atoms with Gasteiger partial charge < -0.3 is 36.0 Å². The number of H-pyrrole nitrogens is 1. The first-order valence-corrected chi connectivity index (χ1v) is 10.9. The van der Waals surface area contributed by atoms with E-state index < -0.39 is 24.6 Å². The van der Waals surface area contributed by atoms with E-state index >= 15 is 0 Å². The van der Waals surface area contributed by atoms with Crippen molar-refractivity contribution in [3.05, 3.63) is 46.7 Å². The van der Waals surface area contributed by atoms with Crippen LogP contribution in [-0.2, 0) is 0 Å². The lowest BCUT2D eigenvalue weighted by Gasteiger charge is -2.19. The minimum absolute atomic E-state index is 0.0239. The predicted octanol–water partition coefficient (Wildman–Crippen LogP) is 2.43. The third kappa shape index (κ3) is 6.90. The number of ether oxygens (including phenoxy) is 1. The molecule has 2 heterocycles. The number of rotatable bonds is 12. The van der Waals surface area contributed by atoms with Crippen molar-refractivity contribution in [1.29, 1.82) is 0 Å². The topological polar surface area (TPSA) is 160 Å². The molecule has 2 aromatic heterocycles. The van der Waals surface area contributed by atoms with Gasteiger partial charge in [-0.05, 0) is 31.5 Å². The van der Waals surface area contributed by atoms with Crippen molar-refractivity contribution >= 4 is 35.0 Å². The van der Waals surface area contributed by atoms with Gasteiger partial charge in [-0.1, -0.05) is 23.7 Å². The summed E-state index contributed by atoms with van der Waals surface area (Å²) in [6, 6.07) is 6.64. The van der Waals surface area contributed by atoms with Crippen LogP contribution in [0.4, 0.5) is 27.8 Å². The Morgan fingerprint density at radius 3 is 2.47 bits per heavy atom. The molecule has 7 N–H and O–H groups in total. The number of aromatic nitrogens is 4. The molecule has 0 saturated heterocycles. The summed E-state index contributed by atoms with van der Waals surface area (Å²) in [5.74, 6) is 0.875. The summed E-state index contributed by atoms with van der Waals surface area (Å²) in [6.07, 6.45) is -1.10. The Hall–Kier alpha value is -3.19. The minimum Gasteiger partial charge on any atom is -0.474 e. The molecule has 13 heteroatoms. The highest BCUT2D eigenvalue weighted by Crippen LogP contribution is 2.32. The SMILES string of the molecule is CC(C)Oc1cc(Nc2nc(N[C@@H](CO)c3ccc(F)cc3)nc(NC[C@@H](O)CO)c2Cl)[nH]n1. The van der Waals surface area contributed by atoms with Gasteiger partial charge in [0.2, 0.25) is 11.8 Å². The number of anilines is 4. The fourth-order valence-electron chi connectivity index (χ4n) is 2.87. The molecule has 0 bridgehead atoms. The monoisotopic (exact) mass is 495 g/mol. The first-order chi connectivity index (χ1) is 16.3. The van der Waals surface area contributed by atoms with Gasteiger partial charge in [0.1, 0.15) is 16.7 Å². The van der Waals surface area contributed by atoms with Crippen LogP contribution < -0.4 is 20.7 Å². The van der Waals surface area contributed by atoms with Crippen LogP contribution in [0.1, 0.15) is 25.5 Å². The average Bonchev–Trinajstić information content (AvgIpc) is 3.24. The summed E-state index contributed by atoms with van der Waals surface area (Å²) in [4.78, 5) is 8.71. The van der Waals surface area contributed by atoms with E-state index in [0.717, 1.165) is 0 Å². The Bertz CT molecular complexity index is 1070. The number of nitrogens with one attached hydrogen (secondary N) is 4. The van der Waals surface area contributed by atoms with Crippen LogP contribution in [-0.4, -0.2) is 67.5 Å². The summed E-state index contributed by atoms with van der Waals surface area (Å²) in [5.41, 5.74) is 0.617. The molecule has 0 amide bonds. The molecule has 0 spiro atoms. The van der Waals surface area contributed by atoms with E-state index in [1.807, 2.05) is 13.8 Å². The molecule has 3 aromatic rings. The number of halogens is 2. The normalized spacial score (nSPS) is 12.9. The fourth-order valence-corrected chi connectivity index (χ4v) is 3.07. The van der Waals surface area contributed by atoms with Crippen LogP contribution in [0.2, 0.25) is 5.02 Å². The number of nitrogens with zero attached hydrogens (tertiary/aromatic N) is 3. The quantitative estimate of drug-likeness (QED) is 0.199. The lowest BCUT2D eigenvalue weighted by Crippen LogP contribution is -2.24. The van der Waals surface area contributed by atoms with Crippen molar-refractivity contribution in [3.8, 4) is 5.88 Å². The smallest absolute Gasteiger partial charge is 0.234 e. The first-order valence-electron chi connectivity index (χ1n) is 10.5. The van der Waals surface area contributed by atoms with Gasteiger partial charge in [-0.15, -0.1) is 5.10 Å². The summed E-state index contributed by atoms with van der Waals surface area (Å²) in [6.45, 7) is 2.96. The first kappa shape index (κ1) is 25.4. The maximum atomic E-state index is 13.3. The fraction of sp³-hybridized carbons (Fsp3) is 0.381. The number of aliphatic hydroxyl groups excluding tert-OH is 3. The highest BCUT2D eigenvalue weighted by molar-refractivity contribution is 6.35. The van der Waals surface area contributed by atoms with Crippen LogP contribution in [0.15, 0.2) is 30.3 Å². The van der Waals surface area contributed by atoms with E-state index in [0.29, 0.717) is 17.3 Å². The molecule has 0 radical (unpaired) electrons. The maximum Gasteiger partial charge on any atom is 0.234 e. The Morgan fingerprint density at radius 2 is 1.82 bits per heavy atom. The van der Waals surface area contributed by atoms with Gasteiger partial charge in [-0.3, -0.25) is 5.10 Å². The van der Waals surface area contributed by atoms with Crippen LogP contribution >= 0.6 is 11.6 Å². The molecular weight excluding hydrogens is 469 g/mol. The summed E-state index contributed by atoms with van der Waals surface area (Å²) in [5, 5.41) is 44.4. The van der Waals surface area contributed by atoms with Crippen molar-refractivity contribution in [1.82, 2.24) is 20.2 Å². The molecule has 3 rings (SSSR count). The molecule has 0 aliphatic heterocycles. The standard InChI is InChI=1S/C21H27ClFN7O4/c1-11(2)34-17-7-16(29-30-17)26-20-18(22)19(24-8-14(33)9-31)27-21(28-20)25-15(10-32)12-3-5-13(23)6-4-12/h3-7,11,14-15,31-33H,8-10H2,1-2H3,(H4,24,25,26,27,28,29,30)/t14-,15+/m1/s1. The number of hydrogen-bond donors (Lipinski definition) is 7. The predicted molar refractivity (Wildman–Crippen MR) is 126 cm³/mol. The van der Waals surface area contributed by atoms with Crippen LogP contribution in [0, 0.1) is 5.82 Å². The second-order valence-electron chi connectivity index (χ2n) is 7.62. The second-order valence-corrected chi connectivity index (χ2v) is 8.00. The Morgan fingerprint density at radius 1 is 1.12 bits per heavy atom. The molecule has 0 saturated carbocycles. The molecule has 0 aliphatic carbocycles. The molecule has 0 aliphatic rings. The van der Waals surface area contributed by atoms with E-state index in [2.05, 4.69) is 36.1 Å². The van der Waals surface area contributed by atoms with Gasteiger partial charge in [-0.25, -0.2) is 4.39 Å². The Kier molecular flexibility index (Phi) is 8.82. The zero-order valence-electron chi connectivity index (χ0n) is 18.6. The molecule has 34 heavy (non-hydrogen) atoms. The number of aromatic amines is 1. The van der Waals surface area contributed by atoms with E-state index in [4.69, 9.17) is 21.4 Å². The number of aliphatic hydroxyl groups is 3. The summed E-state index contributed by atoms with van der Waals surface area (Å²) >= 11 is 6.47. The van der Waals surface area contributed by atoms with E-state index in [9.17, 15) is 14.6 Å². The highest BCUT2D eigenvalue weighted by atomic mass is 35.5. The number of hydrogen-bond acceptors (Lipinski definition) is 10. The number of benzene rings is 1. The minimum atomic E-state index is -1.04.